The van der Waals surface area contributed by atoms with E-state index in [1.807, 2.05) is 6.07 Å². The van der Waals surface area contributed by atoms with Gasteiger partial charge in [0.2, 0.25) is 0 Å². The SMILES string of the molecule is CN=C(NCCc1csc(C(C)C)n1)NCc1ccc(C)c(F)c1.I. The van der Waals surface area contributed by atoms with Gasteiger partial charge in [0.05, 0.1) is 10.7 Å². The van der Waals surface area contributed by atoms with Crippen LogP contribution in [0.1, 0.15) is 41.6 Å². The van der Waals surface area contributed by atoms with Gasteiger partial charge in [-0.15, -0.1) is 35.3 Å². The third-order valence-corrected chi connectivity index (χ3v) is 4.85. The van der Waals surface area contributed by atoms with Crippen molar-refractivity contribution in [2.24, 2.45) is 4.99 Å². The average molecular weight is 476 g/mol. The molecule has 0 radical (unpaired) electrons. The predicted octanol–water partition coefficient (Wildman–Crippen LogP) is 4.24. The summed E-state index contributed by atoms with van der Waals surface area (Å²) in [4.78, 5) is 8.81. The van der Waals surface area contributed by atoms with Crippen LogP contribution >= 0.6 is 35.3 Å². The predicted molar refractivity (Wildman–Crippen MR) is 115 cm³/mol. The van der Waals surface area contributed by atoms with Gasteiger partial charge in [-0.05, 0) is 24.1 Å². The molecule has 0 bridgehead atoms. The van der Waals surface area contributed by atoms with Crippen LogP contribution in [0.5, 0.6) is 0 Å². The number of nitrogens with one attached hydrogen (secondary N) is 2. The Morgan fingerprint density at radius 1 is 1.32 bits per heavy atom. The van der Waals surface area contributed by atoms with E-state index in [0.29, 0.717) is 24.0 Å². The molecule has 1 heterocycles. The van der Waals surface area contributed by atoms with Crippen LogP contribution in [0.15, 0.2) is 28.6 Å². The minimum atomic E-state index is -0.179. The summed E-state index contributed by atoms with van der Waals surface area (Å²) in [5, 5.41) is 9.75. The maximum Gasteiger partial charge on any atom is 0.191 e. The van der Waals surface area contributed by atoms with Gasteiger partial charge in [0.15, 0.2) is 5.96 Å². The Morgan fingerprint density at radius 2 is 2.08 bits per heavy atom. The fourth-order valence-corrected chi connectivity index (χ4v) is 3.03. The molecule has 0 aliphatic heterocycles. The first-order chi connectivity index (χ1) is 11.5. The fraction of sp³-hybridized carbons (Fsp3) is 0.444. The van der Waals surface area contributed by atoms with Crippen LogP contribution in [-0.2, 0) is 13.0 Å². The summed E-state index contributed by atoms with van der Waals surface area (Å²) in [6.07, 6.45) is 0.850. The van der Waals surface area contributed by atoms with Gasteiger partial charge in [-0.1, -0.05) is 26.0 Å². The molecular weight excluding hydrogens is 450 g/mol. The molecule has 0 spiro atoms. The van der Waals surface area contributed by atoms with Crippen molar-refractivity contribution in [2.75, 3.05) is 13.6 Å². The van der Waals surface area contributed by atoms with Crippen LogP contribution < -0.4 is 10.6 Å². The number of aromatic nitrogens is 1. The lowest BCUT2D eigenvalue weighted by Crippen LogP contribution is -2.37. The number of rotatable bonds is 6. The lowest BCUT2D eigenvalue weighted by Gasteiger charge is -2.12. The third kappa shape index (κ3) is 6.89. The molecule has 1 aromatic carbocycles. The lowest BCUT2D eigenvalue weighted by molar-refractivity contribution is 0.615. The Hall–Kier alpha value is -1.22. The van der Waals surface area contributed by atoms with Gasteiger partial charge in [0, 0.05) is 37.9 Å². The number of benzene rings is 1. The monoisotopic (exact) mass is 476 g/mol. The number of nitrogens with zero attached hydrogens (tertiary/aromatic N) is 2. The van der Waals surface area contributed by atoms with Crippen LogP contribution in [0.25, 0.3) is 0 Å². The van der Waals surface area contributed by atoms with Crippen LogP contribution in [0.3, 0.4) is 0 Å². The molecule has 0 aliphatic rings. The van der Waals surface area contributed by atoms with Gasteiger partial charge >= 0.3 is 0 Å². The van der Waals surface area contributed by atoms with E-state index in [1.165, 1.54) is 5.01 Å². The van der Waals surface area contributed by atoms with Gasteiger partial charge in [0.25, 0.3) is 0 Å². The molecule has 2 N–H and O–H groups in total. The summed E-state index contributed by atoms with van der Waals surface area (Å²) in [7, 11) is 1.73. The van der Waals surface area contributed by atoms with Gasteiger partial charge in [-0.2, -0.15) is 0 Å². The number of guanidine groups is 1. The van der Waals surface area contributed by atoms with Crippen molar-refractivity contribution in [2.45, 2.75) is 39.7 Å². The minimum absolute atomic E-state index is 0. The number of aliphatic imine (C=N–C) groups is 1. The Labute approximate surface area is 170 Å². The molecule has 0 saturated carbocycles. The van der Waals surface area contributed by atoms with Crippen LogP contribution in [-0.4, -0.2) is 24.5 Å². The number of thiazole rings is 1. The van der Waals surface area contributed by atoms with Crippen LogP contribution in [0.4, 0.5) is 4.39 Å². The van der Waals surface area contributed by atoms with Gasteiger partial charge in [-0.25, -0.2) is 9.37 Å². The standard InChI is InChI=1S/C18H25FN4S.HI/c1-12(2)17-23-15(11-24-17)7-8-21-18(20-4)22-10-14-6-5-13(3)16(19)9-14;/h5-6,9,11-12H,7-8,10H2,1-4H3,(H2,20,21,22);1H. The molecule has 4 nitrogen and oxygen atoms in total. The van der Waals surface area contributed by atoms with Gasteiger partial charge < -0.3 is 10.6 Å². The number of hydrogen-bond acceptors (Lipinski definition) is 3. The highest BCUT2D eigenvalue weighted by atomic mass is 127. The topological polar surface area (TPSA) is 49.3 Å². The van der Waals surface area contributed by atoms with E-state index < -0.39 is 0 Å². The molecule has 0 aliphatic carbocycles. The van der Waals surface area contributed by atoms with E-state index >= 15 is 0 Å². The maximum absolute atomic E-state index is 13.6. The third-order valence-electron chi connectivity index (χ3n) is 3.66. The number of halogens is 2. The summed E-state index contributed by atoms with van der Waals surface area (Å²) < 4.78 is 13.6. The zero-order valence-electron chi connectivity index (χ0n) is 15.1. The second-order valence-electron chi connectivity index (χ2n) is 6.02. The zero-order valence-corrected chi connectivity index (χ0v) is 18.2. The Bertz CT molecular complexity index is 700. The van der Waals surface area contributed by atoms with E-state index in [1.54, 1.807) is 37.4 Å². The van der Waals surface area contributed by atoms with Crippen LogP contribution in [0.2, 0.25) is 0 Å². The van der Waals surface area contributed by atoms with E-state index in [9.17, 15) is 4.39 Å². The molecule has 2 rings (SSSR count). The van der Waals surface area contributed by atoms with Crippen molar-refractivity contribution >= 4 is 41.3 Å². The van der Waals surface area contributed by atoms with Crippen molar-refractivity contribution in [3.8, 4) is 0 Å². The number of aryl methyl sites for hydroxylation is 1. The summed E-state index contributed by atoms with van der Waals surface area (Å²) >= 11 is 1.71. The van der Waals surface area contributed by atoms with Crippen molar-refractivity contribution < 1.29 is 4.39 Å². The molecule has 0 fully saturated rings. The number of hydrogen-bond donors (Lipinski definition) is 2. The molecule has 0 unspecified atom stereocenters. The first-order valence-corrected chi connectivity index (χ1v) is 9.01. The molecule has 25 heavy (non-hydrogen) atoms. The van der Waals surface area contributed by atoms with Crippen molar-refractivity contribution in [3.63, 3.8) is 0 Å². The molecule has 138 valence electrons. The average Bonchev–Trinajstić information content (AvgIpc) is 3.03. The Morgan fingerprint density at radius 3 is 2.68 bits per heavy atom. The second kappa shape index (κ2) is 10.7. The second-order valence-corrected chi connectivity index (χ2v) is 6.91. The van der Waals surface area contributed by atoms with Crippen molar-refractivity contribution in [1.82, 2.24) is 15.6 Å². The quantitative estimate of drug-likeness (QED) is 0.373. The molecule has 0 saturated heterocycles. The first-order valence-electron chi connectivity index (χ1n) is 8.13. The highest BCUT2D eigenvalue weighted by Crippen LogP contribution is 2.19. The first kappa shape index (κ1) is 21.8. The molecule has 2 aromatic rings. The fourth-order valence-electron chi connectivity index (χ4n) is 2.16. The van der Waals surface area contributed by atoms with Crippen LogP contribution in [0, 0.1) is 12.7 Å². The summed E-state index contributed by atoms with van der Waals surface area (Å²) in [6.45, 7) is 7.35. The zero-order chi connectivity index (χ0) is 17.5. The summed E-state index contributed by atoms with van der Waals surface area (Å²) in [5.41, 5.74) is 2.65. The Balaban J connectivity index is 0.00000312. The summed E-state index contributed by atoms with van der Waals surface area (Å²) in [5.74, 6) is 0.998. The normalized spacial score (nSPS) is 11.4. The molecule has 0 amide bonds. The molecular formula is C18H26FIN4S. The minimum Gasteiger partial charge on any atom is -0.356 e. The largest absolute Gasteiger partial charge is 0.356 e. The van der Waals surface area contributed by atoms with Gasteiger partial charge in [0.1, 0.15) is 5.82 Å². The van der Waals surface area contributed by atoms with Crippen molar-refractivity contribution in [1.29, 1.82) is 0 Å². The smallest absolute Gasteiger partial charge is 0.191 e. The van der Waals surface area contributed by atoms with E-state index in [4.69, 9.17) is 0 Å². The highest BCUT2D eigenvalue weighted by Gasteiger charge is 2.06. The van der Waals surface area contributed by atoms with E-state index in [2.05, 4.69) is 39.8 Å². The molecule has 7 heteroatoms. The van der Waals surface area contributed by atoms with Crippen molar-refractivity contribution in [3.05, 3.63) is 51.2 Å². The Kier molecular flexibility index (Phi) is 9.34. The van der Waals surface area contributed by atoms with E-state index in [0.717, 1.165) is 24.2 Å². The lowest BCUT2D eigenvalue weighted by atomic mass is 10.1. The molecule has 0 atom stereocenters. The maximum atomic E-state index is 13.6. The summed E-state index contributed by atoms with van der Waals surface area (Å²) in [6, 6.07) is 5.26. The highest BCUT2D eigenvalue weighted by molar-refractivity contribution is 14.0. The van der Waals surface area contributed by atoms with Gasteiger partial charge in [-0.3, -0.25) is 4.99 Å². The van der Waals surface area contributed by atoms with E-state index in [-0.39, 0.29) is 29.8 Å². The molecule has 1 aromatic heterocycles.